The third-order valence-corrected chi connectivity index (χ3v) is 6.10. The van der Waals surface area contributed by atoms with Crippen LogP contribution in [-0.2, 0) is 30.7 Å². The van der Waals surface area contributed by atoms with Crippen molar-refractivity contribution in [3.63, 3.8) is 0 Å². The molecular formula is C29H27N3O2. The van der Waals surface area contributed by atoms with Crippen molar-refractivity contribution in [2.24, 2.45) is 0 Å². The van der Waals surface area contributed by atoms with E-state index in [1.54, 1.807) is 0 Å². The Morgan fingerprint density at radius 3 is 2.56 bits per heavy atom. The van der Waals surface area contributed by atoms with Crippen LogP contribution in [0.4, 0.5) is 5.82 Å². The molecule has 0 unspecified atom stereocenters. The maximum atomic E-state index is 13.0. The van der Waals surface area contributed by atoms with Gasteiger partial charge in [0.2, 0.25) is 5.91 Å². The second kappa shape index (κ2) is 9.20. The molecule has 170 valence electrons. The van der Waals surface area contributed by atoms with Crippen molar-refractivity contribution in [1.29, 1.82) is 0 Å². The number of aliphatic hydroxyl groups is 1. The number of rotatable bonds is 5. The first kappa shape index (κ1) is 22.0. The highest BCUT2D eigenvalue weighted by Crippen LogP contribution is 2.34. The number of nitrogens with zero attached hydrogens (tertiary/aromatic N) is 2. The lowest BCUT2D eigenvalue weighted by molar-refractivity contribution is -0.115. The standard InChI is InChI=1S/C29H27N3O2/c1-18(2)13-26-29(32-27(34)16-19-7-9-21-5-3-4-6-22(21)14-19)31-25-12-10-23-15-20(17-33)8-11-24(23)28(25)30-26/h3-9,11,13-15,33H,10,12,16-17H2,1-2H3,(H,31,32,34). The van der Waals surface area contributed by atoms with E-state index in [0.717, 1.165) is 57.3 Å². The molecule has 0 spiro atoms. The SMILES string of the molecule is CC(C)=Cc1nc2c(nc1NC(=O)Cc1ccc3ccccc3c1)CCc1cc(CO)ccc1-2. The highest BCUT2D eigenvalue weighted by atomic mass is 16.3. The minimum Gasteiger partial charge on any atom is -0.392 e. The largest absolute Gasteiger partial charge is 0.392 e. The van der Waals surface area contributed by atoms with Gasteiger partial charge in [0.1, 0.15) is 5.69 Å². The molecule has 0 radical (unpaired) electrons. The van der Waals surface area contributed by atoms with E-state index in [1.165, 1.54) is 5.56 Å². The first-order valence-corrected chi connectivity index (χ1v) is 11.6. The van der Waals surface area contributed by atoms with E-state index in [2.05, 4.69) is 23.5 Å². The zero-order chi connectivity index (χ0) is 23.7. The third-order valence-electron chi connectivity index (χ3n) is 6.10. The second-order valence-electron chi connectivity index (χ2n) is 9.03. The van der Waals surface area contributed by atoms with Crippen molar-refractivity contribution in [1.82, 2.24) is 9.97 Å². The Labute approximate surface area is 199 Å². The lowest BCUT2D eigenvalue weighted by Gasteiger charge is -2.21. The van der Waals surface area contributed by atoms with Crippen LogP contribution in [0.3, 0.4) is 0 Å². The Kier molecular flexibility index (Phi) is 5.95. The molecule has 1 aromatic heterocycles. The van der Waals surface area contributed by atoms with Gasteiger partial charge in [-0.3, -0.25) is 4.79 Å². The Bertz CT molecular complexity index is 1440. The Morgan fingerprint density at radius 1 is 0.971 bits per heavy atom. The molecule has 34 heavy (non-hydrogen) atoms. The van der Waals surface area contributed by atoms with E-state index in [4.69, 9.17) is 9.97 Å². The quantitative estimate of drug-likeness (QED) is 0.422. The molecule has 0 atom stereocenters. The summed E-state index contributed by atoms with van der Waals surface area (Å²) in [4.78, 5) is 22.8. The smallest absolute Gasteiger partial charge is 0.230 e. The minimum atomic E-state index is -0.114. The number of amides is 1. The highest BCUT2D eigenvalue weighted by molar-refractivity contribution is 5.94. The second-order valence-corrected chi connectivity index (χ2v) is 9.03. The summed E-state index contributed by atoms with van der Waals surface area (Å²) in [5.74, 6) is 0.387. The number of hydrogen-bond donors (Lipinski definition) is 2. The highest BCUT2D eigenvalue weighted by Gasteiger charge is 2.22. The monoisotopic (exact) mass is 449 g/mol. The number of aliphatic hydroxyl groups excluding tert-OH is 1. The molecule has 4 aromatic rings. The third kappa shape index (κ3) is 4.47. The zero-order valence-corrected chi connectivity index (χ0v) is 19.4. The Hall–Kier alpha value is -3.83. The number of aryl methyl sites for hydroxylation is 2. The van der Waals surface area contributed by atoms with Gasteiger partial charge in [-0.15, -0.1) is 0 Å². The maximum absolute atomic E-state index is 13.0. The van der Waals surface area contributed by atoms with Crippen molar-refractivity contribution >= 4 is 28.6 Å². The van der Waals surface area contributed by atoms with Gasteiger partial charge in [0, 0.05) is 5.56 Å². The van der Waals surface area contributed by atoms with E-state index >= 15 is 0 Å². The van der Waals surface area contributed by atoms with Gasteiger partial charge in [-0.2, -0.15) is 0 Å². The molecular weight excluding hydrogens is 422 g/mol. The first-order chi connectivity index (χ1) is 16.5. The summed E-state index contributed by atoms with van der Waals surface area (Å²) in [5.41, 5.74) is 7.54. The van der Waals surface area contributed by atoms with E-state index in [9.17, 15) is 9.90 Å². The number of carbonyl (C=O) groups is 1. The minimum absolute atomic E-state index is 0.0248. The van der Waals surface area contributed by atoms with Crippen LogP contribution in [0, 0.1) is 0 Å². The van der Waals surface area contributed by atoms with Gasteiger partial charge in [-0.05, 0) is 60.2 Å². The lowest BCUT2D eigenvalue weighted by Crippen LogP contribution is -2.19. The summed E-state index contributed by atoms with van der Waals surface area (Å²) in [6, 6.07) is 20.2. The summed E-state index contributed by atoms with van der Waals surface area (Å²) in [5, 5.41) is 14.8. The molecule has 2 N–H and O–H groups in total. The molecule has 1 aliphatic carbocycles. The fourth-order valence-corrected chi connectivity index (χ4v) is 4.49. The van der Waals surface area contributed by atoms with Crippen molar-refractivity contribution < 1.29 is 9.90 Å². The van der Waals surface area contributed by atoms with E-state index in [-0.39, 0.29) is 18.9 Å². The molecule has 5 rings (SSSR count). The molecule has 0 fully saturated rings. The van der Waals surface area contributed by atoms with Crippen LogP contribution in [0.15, 0.2) is 66.2 Å². The van der Waals surface area contributed by atoms with E-state index in [1.807, 2.05) is 62.4 Å². The van der Waals surface area contributed by atoms with E-state index < -0.39 is 0 Å². The van der Waals surface area contributed by atoms with Gasteiger partial charge in [-0.25, -0.2) is 9.97 Å². The average Bonchev–Trinajstić information content (AvgIpc) is 2.83. The van der Waals surface area contributed by atoms with Crippen LogP contribution in [0.25, 0.3) is 28.1 Å². The number of aromatic nitrogens is 2. The fourth-order valence-electron chi connectivity index (χ4n) is 4.49. The van der Waals surface area contributed by atoms with Crippen LogP contribution in [0.1, 0.15) is 41.9 Å². The predicted molar refractivity (Wildman–Crippen MR) is 136 cm³/mol. The summed E-state index contributed by atoms with van der Waals surface area (Å²) < 4.78 is 0. The number of benzene rings is 3. The van der Waals surface area contributed by atoms with Crippen molar-refractivity contribution in [3.8, 4) is 11.3 Å². The van der Waals surface area contributed by atoms with Crippen LogP contribution in [0.2, 0.25) is 0 Å². The van der Waals surface area contributed by atoms with Gasteiger partial charge < -0.3 is 10.4 Å². The Morgan fingerprint density at radius 2 is 1.76 bits per heavy atom. The lowest BCUT2D eigenvalue weighted by atomic mass is 9.90. The number of carbonyl (C=O) groups excluding carboxylic acids is 1. The summed E-state index contributed by atoms with van der Waals surface area (Å²) >= 11 is 0. The van der Waals surface area contributed by atoms with Crippen molar-refractivity contribution in [2.45, 2.75) is 39.7 Å². The van der Waals surface area contributed by atoms with E-state index in [0.29, 0.717) is 11.5 Å². The fraction of sp³-hybridized carbons (Fsp3) is 0.207. The Balaban J connectivity index is 1.46. The van der Waals surface area contributed by atoms with Gasteiger partial charge >= 0.3 is 0 Å². The number of hydrogen-bond acceptors (Lipinski definition) is 4. The first-order valence-electron chi connectivity index (χ1n) is 11.6. The van der Waals surface area contributed by atoms with Crippen molar-refractivity contribution in [2.75, 3.05) is 5.32 Å². The molecule has 0 saturated carbocycles. The molecule has 0 aliphatic heterocycles. The molecule has 0 bridgehead atoms. The van der Waals surface area contributed by atoms with Crippen LogP contribution in [0.5, 0.6) is 0 Å². The van der Waals surface area contributed by atoms with Gasteiger partial charge in [0.05, 0.1) is 24.4 Å². The topological polar surface area (TPSA) is 75.1 Å². The van der Waals surface area contributed by atoms with Crippen LogP contribution >= 0.6 is 0 Å². The van der Waals surface area contributed by atoms with Gasteiger partial charge in [-0.1, -0.05) is 66.2 Å². The summed E-state index contributed by atoms with van der Waals surface area (Å²) in [6.45, 7) is 4.03. The predicted octanol–water partition coefficient (Wildman–Crippen LogP) is 5.49. The number of anilines is 1. The molecule has 5 heteroatoms. The molecule has 1 heterocycles. The molecule has 1 amide bonds. The van der Waals surface area contributed by atoms with Crippen molar-refractivity contribution in [3.05, 3.63) is 94.3 Å². The molecule has 1 aliphatic rings. The normalized spacial score (nSPS) is 12.1. The number of allylic oxidation sites excluding steroid dienone is 1. The number of nitrogens with one attached hydrogen (secondary N) is 1. The molecule has 5 nitrogen and oxygen atoms in total. The van der Waals surface area contributed by atoms with Gasteiger partial charge in [0.25, 0.3) is 0 Å². The molecule has 0 saturated heterocycles. The van der Waals surface area contributed by atoms with Crippen LogP contribution < -0.4 is 5.32 Å². The van der Waals surface area contributed by atoms with Crippen LogP contribution in [-0.4, -0.2) is 21.0 Å². The molecule has 3 aromatic carbocycles. The maximum Gasteiger partial charge on any atom is 0.230 e. The number of fused-ring (bicyclic) bond motifs is 4. The van der Waals surface area contributed by atoms with Gasteiger partial charge in [0.15, 0.2) is 5.82 Å². The average molecular weight is 450 g/mol. The summed E-state index contributed by atoms with van der Waals surface area (Å²) in [6.07, 6.45) is 3.80. The zero-order valence-electron chi connectivity index (χ0n) is 19.4. The summed E-state index contributed by atoms with van der Waals surface area (Å²) in [7, 11) is 0.